The van der Waals surface area contributed by atoms with Gasteiger partial charge in [-0.05, 0) is 74.6 Å². The molecule has 0 unspecified atom stereocenters. The number of methoxy groups -OCH3 is 2. The third-order valence-electron chi connectivity index (χ3n) is 4.88. The van der Waals surface area contributed by atoms with Crippen molar-refractivity contribution in [2.24, 2.45) is 0 Å². The monoisotopic (exact) mass is 405 g/mol. The molecule has 0 atom stereocenters. The van der Waals surface area contributed by atoms with Crippen LogP contribution < -0.4 is 18.9 Å². The molecule has 0 radical (unpaired) electrons. The van der Waals surface area contributed by atoms with E-state index in [-0.39, 0.29) is 10.5 Å². The van der Waals surface area contributed by atoms with E-state index in [0.29, 0.717) is 24.5 Å². The van der Waals surface area contributed by atoms with Gasteiger partial charge in [0.05, 0.1) is 19.1 Å². The molecule has 152 valence electrons. The normalized spacial score (nSPS) is 15.4. The molecule has 0 fully saturated rings. The van der Waals surface area contributed by atoms with Gasteiger partial charge in [-0.2, -0.15) is 0 Å². The predicted molar refractivity (Wildman–Crippen MR) is 108 cm³/mol. The van der Waals surface area contributed by atoms with Gasteiger partial charge in [0.25, 0.3) is 0 Å². The van der Waals surface area contributed by atoms with Crippen molar-refractivity contribution in [2.75, 3.05) is 20.8 Å². The maximum atomic E-state index is 12.7. The van der Waals surface area contributed by atoms with Crippen molar-refractivity contribution >= 4 is 10.0 Å². The number of nitrogens with one attached hydrogen (secondary N) is 1. The molecule has 1 aliphatic heterocycles. The lowest BCUT2D eigenvalue weighted by Crippen LogP contribution is -2.33. The second-order valence-electron chi connectivity index (χ2n) is 7.47. The van der Waals surface area contributed by atoms with Gasteiger partial charge in [-0.25, -0.2) is 13.1 Å². The number of ether oxygens (including phenoxy) is 3. The Bertz CT molecular complexity index is 953. The largest absolute Gasteiger partial charge is 0.493 e. The fourth-order valence-electron chi connectivity index (χ4n) is 3.25. The summed E-state index contributed by atoms with van der Waals surface area (Å²) in [5.74, 6) is 2.03. The highest BCUT2D eigenvalue weighted by Gasteiger charge is 2.27. The minimum absolute atomic E-state index is 0.217. The second kappa shape index (κ2) is 8.01. The van der Waals surface area contributed by atoms with Crippen LogP contribution in [-0.4, -0.2) is 34.8 Å². The molecule has 0 bridgehead atoms. The first-order valence-electron chi connectivity index (χ1n) is 9.26. The van der Waals surface area contributed by atoms with Crippen LogP contribution in [0.15, 0.2) is 41.3 Å². The summed E-state index contributed by atoms with van der Waals surface area (Å²) < 4.78 is 44.4. The van der Waals surface area contributed by atoms with E-state index in [1.807, 2.05) is 32.0 Å². The van der Waals surface area contributed by atoms with Crippen molar-refractivity contribution in [2.45, 2.75) is 43.6 Å². The lowest BCUT2D eigenvalue weighted by Gasteiger charge is -2.32. The Kier molecular flexibility index (Phi) is 5.86. The lowest BCUT2D eigenvalue weighted by molar-refractivity contribution is 0.0845. The van der Waals surface area contributed by atoms with Crippen LogP contribution in [0.25, 0.3) is 0 Å². The zero-order valence-corrected chi connectivity index (χ0v) is 17.6. The van der Waals surface area contributed by atoms with Crippen molar-refractivity contribution < 1.29 is 22.6 Å². The molecule has 2 aromatic rings. The van der Waals surface area contributed by atoms with Crippen molar-refractivity contribution in [3.8, 4) is 17.2 Å². The van der Waals surface area contributed by atoms with Crippen LogP contribution in [-0.2, 0) is 22.9 Å². The molecule has 0 spiro atoms. The number of rotatable bonds is 7. The molecule has 7 heteroatoms. The molecule has 1 aliphatic rings. The van der Waals surface area contributed by atoms with Gasteiger partial charge in [0.15, 0.2) is 11.5 Å². The first-order chi connectivity index (χ1) is 13.2. The van der Waals surface area contributed by atoms with Gasteiger partial charge < -0.3 is 14.2 Å². The smallest absolute Gasteiger partial charge is 0.240 e. The first-order valence-corrected chi connectivity index (χ1v) is 10.7. The molecule has 28 heavy (non-hydrogen) atoms. The van der Waals surface area contributed by atoms with Gasteiger partial charge in [-0.1, -0.05) is 6.07 Å². The van der Waals surface area contributed by atoms with Crippen LogP contribution in [0.5, 0.6) is 17.2 Å². The summed E-state index contributed by atoms with van der Waals surface area (Å²) in [7, 11) is -0.428. The van der Waals surface area contributed by atoms with Crippen molar-refractivity contribution in [1.82, 2.24) is 4.72 Å². The Morgan fingerprint density at radius 1 is 1.07 bits per heavy atom. The van der Waals surface area contributed by atoms with E-state index in [1.165, 1.54) is 0 Å². The summed E-state index contributed by atoms with van der Waals surface area (Å²) in [5, 5.41) is 0. The Morgan fingerprint density at radius 2 is 1.82 bits per heavy atom. The van der Waals surface area contributed by atoms with Crippen LogP contribution in [0, 0.1) is 0 Å². The predicted octanol–water partition coefficient (Wildman–Crippen LogP) is 3.33. The number of hydrogen-bond donors (Lipinski definition) is 1. The molecular formula is C21H27NO5S. The van der Waals surface area contributed by atoms with E-state index in [9.17, 15) is 8.42 Å². The van der Waals surface area contributed by atoms with E-state index in [2.05, 4.69) is 4.72 Å². The standard InChI is InChI=1S/C21H27NO5S/c1-21(2)11-9-16-14-17(6-8-18(16)27-21)28(23,24)22-12-10-15-5-7-19(25-3)20(13-15)26-4/h5-8,13-14,22H,9-12H2,1-4H3. The van der Waals surface area contributed by atoms with Crippen molar-refractivity contribution in [3.63, 3.8) is 0 Å². The van der Waals surface area contributed by atoms with E-state index in [0.717, 1.165) is 29.7 Å². The highest BCUT2D eigenvalue weighted by molar-refractivity contribution is 7.89. The number of fused-ring (bicyclic) bond motifs is 1. The van der Waals surface area contributed by atoms with Gasteiger partial charge in [0.2, 0.25) is 10.0 Å². The van der Waals surface area contributed by atoms with Crippen LogP contribution in [0.4, 0.5) is 0 Å². The molecule has 0 amide bonds. The average Bonchev–Trinajstić information content (AvgIpc) is 2.66. The molecule has 3 rings (SSSR count). The summed E-state index contributed by atoms with van der Waals surface area (Å²) in [4.78, 5) is 0.266. The lowest BCUT2D eigenvalue weighted by atomic mass is 9.94. The average molecular weight is 406 g/mol. The molecule has 0 saturated heterocycles. The van der Waals surface area contributed by atoms with Crippen LogP contribution in [0.1, 0.15) is 31.4 Å². The molecule has 0 saturated carbocycles. The summed E-state index contributed by atoms with van der Waals surface area (Å²) in [6, 6.07) is 10.6. The fourth-order valence-corrected chi connectivity index (χ4v) is 4.33. The summed E-state index contributed by atoms with van der Waals surface area (Å²) in [5.41, 5.74) is 1.67. The van der Waals surface area contributed by atoms with Crippen LogP contribution >= 0.6 is 0 Å². The highest BCUT2D eigenvalue weighted by Crippen LogP contribution is 2.34. The quantitative estimate of drug-likeness (QED) is 0.765. The van der Waals surface area contributed by atoms with Crippen molar-refractivity contribution in [1.29, 1.82) is 0 Å². The summed E-state index contributed by atoms with van der Waals surface area (Å²) in [6.07, 6.45) is 2.20. The van der Waals surface area contributed by atoms with E-state index >= 15 is 0 Å². The van der Waals surface area contributed by atoms with Crippen LogP contribution in [0.3, 0.4) is 0 Å². The molecule has 0 aromatic heterocycles. The number of sulfonamides is 1. The first kappa shape index (κ1) is 20.5. The summed E-state index contributed by atoms with van der Waals surface area (Å²) in [6.45, 7) is 4.37. The zero-order valence-electron chi connectivity index (χ0n) is 16.7. The van der Waals surface area contributed by atoms with Crippen LogP contribution in [0.2, 0.25) is 0 Å². The molecular weight excluding hydrogens is 378 g/mol. The van der Waals surface area contributed by atoms with Gasteiger partial charge in [-0.15, -0.1) is 0 Å². The topological polar surface area (TPSA) is 73.9 Å². The second-order valence-corrected chi connectivity index (χ2v) is 9.24. The fraction of sp³-hybridized carbons (Fsp3) is 0.429. The number of benzene rings is 2. The minimum atomic E-state index is -3.58. The van der Waals surface area contributed by atoms with Gasteiger partial charge >= 0.3 is 0 Å². The highest BCUT2D eigenvalue weighted by atomic mass is 32.2. The maximum Gasteiger partial charge on any atom is 0.240 e. The molecule has 1 N–H and O–H groups in total. The Hall–Kier alpha value is -2.25. The Morgan fingerprint density at radius 3 is 2.54 bits per heavy atom. The SMILES string of the molecule is COc1ccc(CCNS(=O)(=O)c2ccc3c(c2)CCC(C)(C)O3)cc1OC. The number of hydrogen-bond acceptors (Lipinski definition) is 5. The van der Waals surface area contributed by atoms with E-state index in [1.54, 1.807) is 32.4 Å². The maximum absolute atomic E-state index is 12.7. The summed E-state index contributed by atoms with van der Waals surface area (Å²) >= 11 is 0. The third kappa shape index (κ3) is 4.59. The van der Waals surface area contributed by atoms with Gasteiger partial charge in [0.1, 0.15) is 11.4 Å². The Balaban J connectivity index is 1.66. The molecule has 6 nitrogen and oxygen atoms in total. The molecule has 1 heterocycles. The number of aryl methyl sites for hydroxylation is 1. The molecule has 2 aromatic carbocycles. The minimum Gasteiger partial charge on any atom is -0.493 e. The Labute approximate surface area is 166 Å². The van der Waals surface area contributed by atoms with Gasteiger partial charge in [0, 0.05) is 6.54 Å². The third-order valence-corrected chi connectivity index (χ3v) is 6.34. The molecule has 0 aliphatic carbocycles. The van der Waals surface area contributed by atoms with E-state index < -0.39 is 10.0 Å². The zero-order chi connectivity index (χ0) is 20.4. The van der Waals surface area contributed by atoms with E-state index in [4.69, 9.17) is 14.2 Å². The van der Waals surface area contributed by atoms with Gasteiger partial charge in [-0.3, -0.25) is 0 Å². The van der Waals surface area contributed by atoms with Crippen molar-refractivity contribution in [3.05, 3.63) is 47.5 Å².